The average Bonchev–Trinajstić information content (AvgIpc) is 2.99. The zero-order valence-corrected chi connectivity index (χ0v) is 16.5. The van der Waals surface area contributed by atoms with Crippen LogP contribution in [-0.4, -0.2) is 37.8 Å². The van der Waals surface area contributed by atoms with Gasteiger partial charge in [0.2, 0.25) is 0 Å². The number of aryl methyl sites for hydroxylation is 1. The van der Waals surface area contributed by atoms with Crippen molar-refractivity contribution in [2.24, 2.45) is 0 Å². The first-order chi connectivity index (χ1) is 11.6. The first-order valence-electron chi connectivity index (χ1n) is 7.66. The van der Waals surface area contributed by atoms with Crippen molar-refractivity contribution in [1.82, 2.24) is 4.98 Å². The number of hydrogen-bond donors (Lipinski definition) is 0. The van der Waals surface area contributed by atoms with Crippen molar-refractivity contribution in [3.8, 4) is 6.07 Å². The van der Waals surface area contributed by atoms with Crippen LogP contribution in [-0.2, 0) is 15.3 Å². The number of nitrogens with zero attached hydrogens (tertiary/aromatic N) is 2. The van der Waals surface area contributed by atoms with Gasteiger partial charge < -0.3 is 0 Å². The van der Waals surface area contributed by atoms with Gasteiger partial charge in [0, 0.05) is 0 Å². The molecule has 2 aromatic rings. The number of aromatic nitrogens is 1. The Kier molecular flexibility index (Phi) is 7.11. The summed E-state index contributed by atoms with van der Waals surface area (Å²) < 4.78 is 6.25. The van der Waals surface area contributed by atoms with E-state index in [-0.39, 0.29) is 27.0 Å². The molecule has 6 heteroatoms. The molecule has 1 aromatic heterocycles. The van der Waals surface area contributed by atoms with E-state index in [1.54, 1.807) is 0 Å². The molecule has 0 spiro atoms. The van der Waals surface area contributed by atoms with Crippen LogP contribution in [0.1, 0.15) is 46.6 Å². The van der Waals surface area contributed by atoms with Crippen LogP contribution in [0.4, 0.5) is 0 Å². The van der Waals surface area contributed by atoms with Gasteiger partial charge in [0.25, 0.3) is 0 Å². The van der Waals surface area contributed by atoms with Crippen molar-refractivity contribution >= 4 is 32.7 Å². The second kappa shape index (κ2) is 9.08. The zero-order valence-electron chi connectivity index (χ0n) is 14.0. The summed E-state index contributed by atoms with van der Waals surface area (Å²) >= 11 is 1.99. The van der Waals surface area contributed by atoms with Gasteiger partial charge in [0.1, 0.15) is 0 Å². The molecule has 1 unspecified atom stereocenters. The topological polar surface area (TPSA) is 63.0 Å². The molecular formula is C18H20N2O2SSe. The second-order valence-corrected chi connectivity index (χ2v) is 9.10. The van der Waals surface area contributed by atoms with Crippen LogP contribution in [0, 0.1) is 18.3 Å². The van der Waals surface area contributed by atoms with Crippen LogP contribution >= 0.6 is 11.8 Å². The van der Waals surface area contributed by atoms with E-state index in [4.69, 9.17) is 4.74 Å². The van der Waals surface area contributed by atoms with Crippen LogP contribution in [0.15, 0.2) is 23.3 Å². The number of hydrogen-bond acceptors (Lipinski definition) is 5. The predicted molar refractivity (Wildman–Crippen MR) is 97.4 cm³/mol. The summed E-state index contributed by atoms with van der Waals surface area (Å²) in [5.41, 5.74) is 3.75. The molecule has 0 N–H and O–H groups in total. The number of carbonyl (C=O) groups is 1. The molecular weight excluding hydrogens is 387 g/mol. The molecule has 1 atom stereocenters. The third kappa shape index (κ3) is 4.73. The molecule has 0 bridgehead atoms. The van der Waals surface area contributed by atoms with Gasteiger partial charge in [-0.05, 0) is 0 Å². The summed E-state index contributed by atoms with van der Waals surface area (Å²) in [7, 11) is 0. The van der Waals surface area contributed by atoms with Crippen molar-refractivity contribution in [2.75, 3.05) is 6.61 Å². The van der Waals surface area contributed by atoms with Crippen molar-refractivity contribution in [3.05, 3.63) is 50.1 Å². The summed E-state index contributed by atoms with van der Waals surface area (Å²) in [6.07, 6.45) is 0. The molecule has 0 aliphatic heterocycles. The fraction of sp³-hybridized carbons (Fsp3) is 0.389. The van der Waals surface area contributed by atoms with Crippen LogP contribution < -0.4 is 0 Å². The molecule has 4 nitrogen and oxygen atoms in total. The SMILES string of the molecule is Cc1nc[se]c1C(COC=O)c1ccc(CSC(C)C)c(C#N)c1. The van der Waals surface area contributed by atoms with Crippen LogP contribution in [0.2, 0.25) is 0 Å². The normalized spacial score (nSPS) is 12.0. The Balaban J connectivity index is 2.34. The minimum atomic E-state index is -0.0309. The van der Waals surface area contributed by atoms with E-state index < -0.39 is 0 Å². The monoisotopic (exact) mass is 408 g/mol. The van der Waals surface area contributed by atoms with E-state index in [9.17, 15) is 10.1 Å². The Morgan fingerprint density at radius 3 is 2.83 bits per heavy atom. The third-order valence-corrected chi connectivity index (χ3v) is 7.00. The van der Waals surface area contributed by atoms with Crippen molar-refractivity contribution in [3.63, 3.8) is 0 Å². The Labute approximate surface area is 153 Å². The second-order valence-electron chi connectivity index (χ2n) is 5.67. The summed E-state index contributed by atoms with van der Waals surface area (Å²) in [6.45, 7) is 7.04. The Morgan fingerprint density at radius 1 is 1.46 bits per heavy atom. The van der Waals surface area contributed by atoms with Gasteiger partial charge in [-0.1, -0.05) is 0 Å². The number of thioether (sulfide) groups is 1. The molecule has 0 saturated heterocycles. The van der Waals surface area contributed by atoms with E-state index >= 15 is 0 Å². The van der Waals surface area contributed by atoms with Gasteiger partial charge >= 0.3 is 153 Å². The molecule has 2 rings (SSSR count). The van der Waals surface area contributed by atoms with E-state index in [2.05, 4.69) is 24.9 Å². The summed E-state index contributed by atoms with van der Waals surface area (Å²) in [5, 5.41) is 12.0. The molecule has 126 valence electrons. The third-order valence-electron chi connectivity index (χ3n) is 3.66. The van der Waals surface area contributed by atoms with Crippen molar-refractivity contribution in [2.45, 2.75) is 37.7 Å². The van der Waals surface area contributed by atoms with Gasteiger partial charge in [-0.2, -0.15) is 0 Å². The maximum absolute atomic E-state index is 10.6. The fourth-order valence-corrected chi connectivity index (χ4v) is 5.09. The number of ether oxygens (including phenoxy) is 1. The molecule has 0 amide bonds. The first-order valence-corrected chi connectivity index (χ1v) is 10.6. The minimum absolute atomic E-state index is 0.0309. The van der Waals surface area contributed by atoms with Crippen molar-refractivity contribution < 1.29 is 9.53 Å². The van der Waals surface area contributed by atoms with E-state index in [1.807, 2.05) is 42.0 Å². The Bertz CT molecular complexity index is 737. The van der Waals surface area contributed by atoms with E-state index in [1.165, 1.54) is 4.44 Å². The molecule has 1 heterocycles. The predicted octanol–water partition coefficient (Wildman–Crippen LogP) is 3.27. The molecule has 24 heavy (non-hydrogen) atoms. The van der Waals surface area contributed by atoms with Crippen molar-refractivity contribution in [1.29, 1.82) is 5.26 Å². The molecule has 0 aliphatic rings. The number of rotatable bonds is 8. The van der Waals surface area contributed by atoms with Gasteiger partial charge in [0.05, 0.1) is 0 Å². The molecule has 0 saturated carbocycles. The van der Waals surface area contributed by atoms with E-state index in [0.29, 0.717) is 17.3 Å². The molecule has 1 aromatic carbocycles. The Hall–Kier alpha value is -1.54. The number of nitriles is 1. The molecule has 0 aliphatic carbocycles. The number of carbonyl (C=O) groups excluding carboxylic acids is 1. The van der Waals surface area contributed by atoms with Gasteiger partial charge in [-0.25, -0.2) is 0 Å². The summed E-state index contributed by atoms with van der Waals surface area (Å²) in [6, 6.07) is 8.31. The first kappa shape index (κ1) is 18.8. The van der Waals surface area contributed by atoms with Gasteiger partial charge in [0.15, 0.2) is 0 Å². The standard InChI is InChI=1S/C18H20N2O2SSe/c1-12(2)23-9-15-5-4-14(6-16(15)7-19)17(8-22-11-21)18-13(3)20-10-24-18/h4-6,10-12,17H,8-9H2,1-3H3. The van der Waals surface area contributed by atoms with E-state index in [0.717, 1.165) is 22.6 Å². The van der Waals surface area contributed by atoms with Gasteiger partial charge in [-0.3, -0.25) is 0 Å². The number of benzene rings is 1. The zero-order chi connectivity index (χ0) is 17.5. The average molecular weight is 407 g/mol. The van der Waals surface area contributed by atoms with Crippen LogP contribution in [0.5, 0.6) is 0 Å². The summed E-state index contributed by atoms with van der Waals surface area (Å²) in [4.78, 5) is 15.0. The molecule has 0 radical (unpaired) electrons. The Morgan fingerprint density at radius 2 is 2.25 bits per heavy atom. The van der Waals surface area contributed by atoms with Crippen LogP contribution in [0.25, 0.3) is 0 Å². The fourth-order valence-electron chi connectivity index (χ4n) is 2.40. The molecule has 0 fully saturated rings. The van der Waals surface area contributed by atoms with Gasteiger partial charge in [-0.15, -0.1) is 0 Å². The van der Waals surface area contributed by atoms with Crippen LogP contribution in [0.3, 0.4) is 0 Å². The maximum atomic E-state index is 10.6. The summed E-state index contributed by atoms with van der Waals surface area (Å²) in [5.74, 6) is 0.794. The quantitative estimate of drug-likeness (QED) is 0.497.